The van der Waals surface area contributed by atoms with Gasteiger partial charge in [0.1, 0.15) is 0 Å². The summed E-state index contributed by atoms with van der Waals surface area (Å²) in [6, 6.07) is 5.27. The van der Waals surface area contributed by atoms with Crippen LogP contribution in [0.15, 0.2) is 18.2 Å². The zero-order valence-electron chi connectivity index (χ0n) is 8.34. The van der Waals surface area contributed by atoms with Crippen molar-refractivity contribution in [3.63, 3.8) is 0 Å². The van der Waals surface area contributed by atoms with Gasteiger partial charge in [-0.05, 0) is 24.5 Å². The van der Waals surface area contributed by atoms with Gasteiger partial charge in [0.2, 0.25) is 0 Å². The number of halogens is 2. The molecule has 1 atom stereocenters. The van der Waals surface area contributed by atoms with E-state index in [1.807, 2.05) is 6.92 Å². The summed E-state index contributed by atoms with van der Waals surface area (Å²) in [6.45, 7) is 1.84. The third-order valence-corrected chi connectivity index (χ3v) is 3.20. The first-order valence-electron chi connectivity index (χ1n) is 4.72. The highest BCUT2D eigenvalue weighted by Gasteiger charge is 2.17. The molecule has 4 heteroatoms. The Kier molecular flexibility index (Phi) is 4.43. The van der Waals surface area contributed by atoms with Crippen LogP contribution in [0.25, 0.3) is 0 Å². The minimum Gasteiger partial charge on any atom is -0.481 e. The van der Waals surface area contributed by atoms with Crippen molar-refractivity contribution in [1.29, 1.82) is 0 Å². The molecule has 0 bridgehead atoms. The summed E-state index contributed by atoms with van der Waals surface area (Å²) in [4.78, 5) is 10.9. The lowest BCUT2D eigenvalue weighted by molar-refractivity contribution is -0.141. The highest BCUT2D eigenvalue weighted by Crippen LogP contribution is 2.27. The number of hydrogen-bond donors (Lipinski definition) is 1. The molecule has 0 aliphatic heterocycles. The van der Waals surface area contributed by atoms with Gasteiger partial charge in [0.15, 0.2) is 0 Å². The van der Waals surface area contributed by atoms with Crippen molar-refractivity contribution in [3.05, 3.63) is 33.8 Å². The maximum Gasteiger partial charge on any atom is 0.306 e. The van der Waals surface area contributed by atoms with E-state index in [9.17, 15) is 4.79 Å². The molecule has 0 aliphatic rings. The number of hydrogen-bond acceptors (Lipinski definition) is 1. The summed E-state index contributed by atoms with van der Waals surface area (Å²) < 4.78 is 0. The van der Waals surface area contributed by atoms with Gasteiger partial charge in [0.05, 0.1) is 16.0 Å². The van der Waals surface area contributed by atoms with Gasteiger partial charge in [-0.1, -0.05) is 42.3 Å². The van der Waals surface area contributed by atoms with E-state index < -0.39 is 11.9 Å². The zero-order valence-corrected chi connectivity index (χ0v) is 9.85. The van der Waals surface area contributed by atoms with Gasteiger partial charge in [0, 0.05) is 0 Å². The van der Waals surface area contributed by atoms with Gasteiger partial charge in [0.25, 0.3) is 0 Å². The van der Waals surface area contributed by atoms with E-state index in [2.05, 4.69) is 0 Å². The van der Waals surface area contributed by atoms with E-state index in [0.29, 0.717) is 22.9 Å². The fraction of sp³-hybridized carbons (Fsp3) is 0.364. The first kappa shape index (κ1) is 12.3. The fourth-order valence-corrected chi connectivity index (χ4v) is 1.78. The molecular weight excluding hydrogens is 235 g/mol. The number of carboxylic acid groups (broad SMARTS) is 1. The van der Waals surface area contributed by atoms with E-state index >= 15 is 0 Å². The standard InChI is InChI=1S/C11H12Cl2O2/c1-2-7(11(14)15)6-8-4-3-5-9(12)10(8)13/h3-5,7H,2,6H2,1H3,(H,14,15). The molecule has 0 saturated heterocycles. The Morgan fingerprint density at radius 3 is 2.67 bits per heavy atom. The Morgan fingerprint density at radius 2 is 2.13 bits per heavy atom. The SMILES string of the molecule is CCC(Cc1cccc(Cl)c1Cl)C(=O)O. The maximum atomic E-state index is 10.9. The zero-order chi connectivity index (χ0) is 11.4. The monoisotopic (exact) mass is 246 g/mol. The summed E-state index contributed by atoms with van der Waals surface area (Å²) in [5.74, 6) is -1.20. The van der Waals surface area contributed by atoms with Crippen molar-refractivity contribution in [2.24, 2.45) is 5.92 Å². The molecule has 2 nitrogen and oxygen atoms in total. The third kappa shape index (κ3) is 3.11. The quantitative estimate of drug-likeness (QED) is 0.881. The molecule has 1 aromatic carbocycles. The average Bonchev–Trinajstić information content (AvgIpc) is 2.19. The summed E-state index contributed by atoms with van der Waals surface area (Å²) in [5, 5.41) is 9.84. The van der Waals surface area contributed by atoms with Gasteiger partial charge in [-0.2, -0.15) is 0 Å². The van der Waals surface area contributed by atoms with Gasteiger partial charge >= 0.3 is 5.97 Å². The van der Waals surface area contributed by atoms with Crippen molar-refractivity contribution in [3.8, 4) is 0 Å². The van der Waals surface area contributed by atoms with Crippen LogP contribution in [0.4, 0.5) is 0 Å². The predicted octanol–water partition coefficient (Wildman–Crippen LogP) is 3.65. The van der Waals surface area contributed by atoms with Crippen LogP contribution in [0.3, 0.4) is 0 Å². The second kappa shape index (κ2) is 5.38. The Hall–Kier alpha value is -0.730. The molecule has 15 heavy (non-hydrogen) atoms. The van der Waals surface area contributed by atoms with Crippen LogP contribution >= 0.6 is 23.2 Å². The van der Waals surface area contributed by atoms with Gasteiger partial charge in [-0.25, -0.2) is 0 Å². The molecule has 0 aliphatic carbocycles. The normalized spacial score (nSPS) is 12.5. The van der Waals surface area contributed by atoms with Crippen LogP contribution in [0.1, 0.15) is 18.9 Å². The molecule has 1 rings (SSSR count). The van der Waals surface area contributed by atoms with Gasteiger partial charge < -0.3 is 5.11 Å². The maximum absolute atomic E-state index is 10.9. The van der Waals surface area contributed by atoms with E-state index in [-0.39, 0.29) is 0 Å². The molecule has 1 aromatic rings. The fourth-order valence-electron chi connectivity index (χ4n) is 1.38. The molecule has 0 heterocycles. The third-order valence-electron chi connectivity index (χ3n) is 2.34. The van der Waals surface area contributed by atoms with Crippen molar-refractivity contribution in [2.75, 3.05) is 0 Å². The lowest BCUT2D eigenvalue weighted by Gasteiger charge is -2.11. The second-order valence-electron chi connectivity index (χ2n) is 3.36. The molecule has 82 valence electrons. The van der Waals surface area contributed by atoms with Crippen LogP contribution in [0, 0.1) is 5.92 Å². The summed E-state index contributed by atoms with van der Waals surface area (Å²) in [5.41, 5.74) is 0.790. The molecule has 0 aromatic heterocycles. The van der Waals surface area contributed by atoms with Crippen LogP contribution in [0.2, 0.25) is 10.0 Å². The molecule has 1 unspecified atom stereocenters. The smallest absolute Gasteiger partial charge is 0.306 e. The molecule has 0 fully saturated rings. The van der Waals surface area contributed by atoms with Gasteiger partial charge in [-0.15, -0.1) is 0 Å². The minimum absolute atomic E-state index is 0.402. The van der Waals surface area contributed by atoms with Crippen molar-refractivity contribution >= 4 is 29.2 Å². The van der Waals surface area contributed by atoms with E-state index in [1.54, 1.807) is 18.2 Å². The first-order chi connectivity index (χ1) is 7.06. The van der Waals surface area contributed by atoms with Crippen LogP contribution in [0.5, 0.6) is 0 Å². The van der Waals surface area contributed by atoms with Crippen molar-refractivity contribution < 1.29 is 9.90 Å². The Labute approximate surface area is 98.8 Å². The Bertz CT molecular complexity index is 364. The Balaban J connectivity index is 2.88. The molecule has 0 radical (unpaired) electrons. The summed E-state index contributed by atoms with van der Waals surface area (Å²) in [7, 11) is 0. The molecule has 0 spiro atoms. The minimum atomic E-state index is -0.798. The molecule has 1 N–H and O–H groups in total. The van der Waals surface area contributed by atoms with Crippen molar-refractivity contribution in [1.82, 2.24) is 0 Å². The van der Waals surface area contributed by atoms with Crippen LogP contribution in [-0.4, -0.2) is 11.1 Å². The molecule has 0 saturated carbocycles. The topological polar surface area (TPSA) is 37.3 Å². The number of aliphatic carboxylic acids is 1. The highest BCUT2D eigenvalue weighted by molar-refractivity contribution is 6.42. The number of benzene rings is 1. The highest BCUT2D eigenvalue weighted by atomic mass is 35.5. The molecular formula is C11H12Cl2O2. The van der Waals surface area contributed by atoms with Crippen LogP contribution < -0.4 is 0 Å². The second-order valence-corrected chi connectivity index (χ2v) is 4.15. The predicted molar refractivity (Wildman–Crippen MR) is 61.6 cm³/mol. The largest absolute Gasteiger partial charge is 0.481 e. The average molecular weight is 247 g/mol. The molecule has 0 amide bonds. The number of rotatable bonds is 4. The number of carboxylic acids is 1. The summed E-state index contributed by atoms with van der Waals surface area (Å²) >= 11 is 11.8. The van der Waals surface area contributed by atoms with E-state index in [4.69, 9.17) is 28.3 Å². The van der Waals surface area contributed by atoms with E-state index in [1.165, 1.54) is 0 Å². The summed E-state index contributed by atoms with van der Waals surface area (Å²) in [6.07, 6.45) is 1.00. The van der Waals surface area contributed by atoms with Crippen LogP contribution in [-0.2, 0) is 11.2 Å². The van der Waals surface area contributed by atoms with Gasteiger partial charge in [-0.3, -0.25) is 4.79 Å². The van der Waals surface area contributed by atoms with E-state index in [0.717, 1.165) is 5.56 Å². The lowest BCUT2D eigenvalue weighted by Crippen LogP contribution is -2.15. The Morgan fingerprint density at radius 1 is 1.47 bits per heavy atom. The lowest BCUT2D eigenvalue weighted by atomic mass is 9.97. The van der Waals surface area contributed by atoms with Crippen molar-refractivity contribution in [2.45, 2.75) is 19.8 Å². The number of carbonyl (C=O) groups is 1. The first-order valence-corrected chi connectivity index (χ1v) is 5.47.